The highest BCUT2D eigenvalue weighted by Gasteiger charge is 2.22. The Morgan fingerprint density at radius 3 is 2.64 bits per heavy atom. The molecule has 0 unspecified atom stereocenters. The van der Waals surface area contributed by atoms with Gasteiger partial charge in [-0.05, 0) is 36.6 Å². The fraction of sp³-hybridized carbons (Fsp3) is 0.389. The SMILES string of the molecule is NCc1cc(C(=O)NC2CCN(Cc3ccc(F)c(F)c3)CC2)co1. The van der Waals surface area contributed by atoms with E-state index < -0.39 is 11.6 Å². The first-order valence-corrected chi connectivity index (χ1v) is 8.30. The van der Waals surface area contributed by atoms with Crippen LogP contribution in [0.1, 0.15) is 34.5 Å². The normalized spacial score (nSPS) is 16.1. The van der Waals surface area contributed by atoms with Crippen LogP contribution in [0.5, 0.6) is 0 Å². The average Bonchev–Trinajstić information content (AvgIpc) is 3.09. The van der Waals surface area contributed by atoms with Crippen molar-refractivity contribution in [1.29, 1.82) is 0 Å². The number of halogens is 2. The van der Waals surface area contributed by atoms with Crippen molar-refractivity contribution in [2.24, 2.45) is 5.73 Å². The molecule has 2 aromatic rings. The van der Waals surface area contributed by atoms with Crippen LogP contribution < -0.4 is 11.1 Å². The van der Waals surface area contributed by atoms with Gasteiger partial charge in [0.25, 0.3) is 5.91 Å². The lowest BCUT2D eigenvalue weighted by Gasteiger charge is -2.32. The summed E-state index contributed by atoms with van der Waals surface area (Å²) in [6.45, 7) is 2.39. The number of benzene rings is 1. The molecule has 1 saturated heterocycles. The van der Waals surface area contributed by atoms with Crippen LogP contribution in [0.25, 0.3) is 0 Å². The third kappa shape index (κ3) is 4.43. The highest BCUT2D eigenvalue weighted by atomic mass is 19.2. The van der Waals surface area contributed by atoms with Crippen LogP contribution in [0.3, 0.4) is 0 Å². The van der Waals surface area contributed by atoms with Crippen LogP contribution in [0.2, 0.25) is 0 Å². The van der Waals surface area contributed by atoms with E-state index in [2.05, 4.69) is 10.2 Å². The Hall–Kier alpha value is -2.25. The summed E-state index contributed by atoms with van der Waals surface area (Å²) in [5.41, 5.74) is 6.69. The Bertz CT molecular complexity index is 740. The van der Waals surface area contributed by atoms with Crippen molar-refractivity contribution in [1.82, 2.24) is 10.2 Å². The predicted molar refractivity (Wildman–Crippen MR) is 88.7 cm³/mol. The number of nitrogens with two attached hydrogens (primary N) is 1. The molecule has 1 amide bonds. The van der Waals surface area contributed by atoms with E-state index in [1.807, 2.05) is 0 Å². The number of rotatable bonds is 5. The largest absolute Gasteiger partial charge is 0.467 e. The van der Waals surface area contributed by atoms with Gasteiger partial charge in [-0.3, -0.25) is 9.69 Å². The van der Waals surface area contributed by atoms with Crippen LogP contribution in [0, 0.1) is 11.6 Å². The summed E-state index contributed by atoms with van der Waals surface area (Å²) in [5.74, 6) is -1.24. The summed E-state index contributed by atoms with van der Waals surface area (Å²) >= 11 is 0. The molecule has 1 aromatic carbocycles. The second kappa shape index (κ2) is 7.76. The molecule has 0 radical (unpaired) electrons. The minimum Gasteiger partial charge on any atom is -0.467 e. The number of furan rings is 1. The van der Waals surface area contributed by atoms with Crippen molar-refractivity contribution < 1.29 is 18.0 Å². The Kier molecular flexibility index (Phi) is 5.45. The molecule has 0 bridgehead atoms. The Balaban J connectivity index is 1.48. The summed E-state index contributed by atoms with van der Waals surface area (Å²) in [5, 5.41) is 3.00. The van der Waals surface area contributed by atoms with Crippen molar-refractivity contribution >= 4 is 5.91 Å². The number of hydrogen-bond donors (Lipinski definition) is 2. The van der Waals surface area contributed by atoms with Gasteiger partial charge in [-0.25, -0.2) is 8.78 Å². The van der Waals surface area contributed by atoms with Gasteiger partial charge in [0.05, 0.1) is 12.1 Å². The van der Waals surface area contributed by atoms with Gasteiger partial charge in [0.1, 0.15) is 12.0 Å². The molecule has 1 aliphatic rings. The maximum absolute atomic E-state index is 13.3. The third-order valence-electron chi connectivity index (χ3n) is 4.43. The molecule has 2 heterocycles. The summed E-state index contributed by atoms with van der Waals surface area (Å²) in [4.78, 5) is 14.3. The lowest BCUT2D eigenvalue weighted by atomic mass is 10.0. The number of carbonyl (C=O) groups excluding carboxylic acids is 1. The quantitative estimate of drug-likeness (QED) is 0.870. The zero-order valence-electron chi connectivity index (χ0n) is 13.8. The van der Waals surface area contributed by atoms with E-state index >= 15 is 0 Å². The fourth-order valence-electron chi connectivity index (χ4n) is 3.01. The van der Waals surface area contributed by atoms with E-state index in [9.17, 15) is 13.6 Å². The zero-order chi connectivity index (χ0) is 17.8. The summed E-state index contributed by atoms with van der Waals surface area (Å²) in [7, 11) is 0. The molecule has 5 nitrogen and oxygen atoms in total. The van der Waals surface area contributed by atoms with Crippen LogP contribution in [0.4, 0.5) is 8.78 Å². The Morgan fingerprint density at radius 1 is 1.24 bits per heavy atom. The maximum Gasteiger partial charge on any atom is 0.254 e. The number of likely N-dealkylation sites (tertiary alicyclic amines) is 1. The maximum atomic E-state index is 13.3. The van der Waals surface area contributed by atoms with Gasteiger partial charge in [0, 0.05) is 25.7 Å². The van der Waals surface area contributed by atoms with Crippen molar-refractivity contribution in [3.05, 3.63) is 59.1 Å². The number of hydrogen-bond acceptors (Lipinski definition) is 4. The highest BCUT2D eigenvalue weighted by Crippen LogP contribution is 2.16. The number of carbonyl (C=O) groups is 1. The molecule has 1 aliphatic heterocycles. The van der Waals surface area contributed by atoms with Crippen LogP contribution in [-0.4, -0.2) is 29.9 Å². The number of amides is 1. The summed E-state index contributed by atoms with van der Waals surface area (Å²) in [6, 6.07) is 5.72. The monoisotopic (exact) mass is 349 g/mol. The van der Waals surface area contributed by atoms with Gasteiger partial charge in [-0.1, -0.05) is 6.07 Å². The van der Waals surface area contributed by atoms with Gasteiger partial charge >= 0.3 is 0 Å². The van der Waals surface area contributed by atoms with Crippen molar-refractivity contribution in [2.75, 3.05) is 13.1 Å². The number of piperidine rings is 1. The summed E-state index contributed by atoms with van der Waals surface area (Å²) in [6.07, 6.45) is 3.02. The minimum absolute atomic E-state index is 0.0879. The van der Waals surface area contributed by atoms with E-state index in [1.165, 1.54) is 12.3 Å². The van der Waals surface area contributed by atoms with Gasteiger partial charge < -0.3 is 15.5 Å². The average molecular weight is 349 g/mol. The van der Waals surface area contributed by atoms with Crippen molar-refractivity contribution in [2.45, 2.75) is 32.0 Å². The summed E-state index contributed by atoms with van der Waals surface area (Å²) < 4.78 is 31.4. The predicted octanol–water partition coefficient (Wildman–Crippen LogP) is 2.41. The van der Waals surface area contributed by atoms with E-state index in [-0.39, 0.29) is 18.5 Å². The molecule has 7 heteroatoms. The lowest BCUT2D eigenvalue weighted by molar-refractivity contribution is 0.0908. The van der Waals surface area contributed by atoms with Gasteiger partial charge in [-0.15, -0.1) is 0 Å². The highest BCUT2D eigenvalue weighted by molar-refractivity contribution is 5.94. The topological polar surface area (TPSA) is 71.5 Å². The first-order valence-electron chi connectivity index (χ1n) is 8.30. The lowest BCUT2D eigenvalue weighted by Crippen LogP contribution is -2.44. The first kappa shape index (κ1) is 17.6. The van der Waals surface area contributed by atoms with Gasteiger partial charge in [0.2, 0.25) is 0 Å². The van der Waals surface area contributed by atoms with Crippen LogP contribution in [-0.2, 0) is 13.1 Å². The number of nitrogens with one attached hydrogen (secondary N) is 1. The standard InChI is InChI=1S/C18H21F2N3O2/c19-16-2-1-12(7-17(16)20)10-23-5-3-14(4-6-23)22-18(24)13-8-15(9-21)25-11-13/h1-2,7-8,11,14H,3-6,9-10,21H2,(H,22,24). The van der Waals surface area contributed by atoms with E-state index in [4.69, 9.17) is 10.2 Å². The smallest absolute Gasteiger partial charge is 0.254 e. The third-order valence-corrected chi connectivity index (χ3v) is 4.43. The molecule has 1 fully saturated rings. The van der Waals surface area contributed by atoms with Gasteiger partial charge in [-0.2, -0.15) is 0 Å². The second-order valence-electron chi connectivity index (χ2n) is 6.28. The second-order valence-corrected chi connectivity index (χ2v) is 6.28. The fourth-order valence-corrected chi connectivity index (χ4v) is 3.01. The molecule has 0 aliphatic carbocycles. The van der Waals surface area contributed by atoms with Gasteiger partial charge in [0.15, 0.2) is 11.6 Å². The van der Waals surface area contributed by atoms with Crippen LogP contribution in [0.15, 0.2) is 34.9 Å². The number of nitrogens with zero attached hydrogens (tertiary/aromatic N) is 1. The van der Waals surface area contributed by atoms with Crippen molar-refractivity contribution in [3.63, 3.8) is 0 Å². The molecule has 0 atom stereocenters. The first-order chi connectivity index (χ1) is 12.0. The zero-order valence-corrected chi connectivity index (χ0v) is 13.8. The van der Waals surface area contributed by atoms with E-state index in [0.29, 0.717) is 17.9 Å². The molecule has 0 saturated carbocycles. The van der Waals surface area contributed by atoms with E-state index in [1.54, 1.807) is 12.1 Å². The molecule has 0 spiro atoms. The molecule has 134 valence electrons. The molecule has 3 N–H and O–H groups in total. The molecular formula is C18H21F2N3O2. The minimum atomic E-state index is -0.831. The Labute approximate surface area is 144 Å². The van der Waals surface area contributed by atoms with E-state index in [0.717, 1.165) is 37.6 Å². The molecular weight excluding hydrogens is 328 g/mol. The molecule has 1 aromatic heterocycles. The van der Waals surface area contributed by atoms with Crippen molar-refractivity contribution in [3.8, 4) is 0 Å². The Morgan fingerprint density at radius 2 is 2.00 bits per heavy atom. The molecule has 25 heavy (non-hydrogen) atoms. The van der Waals surface area contributed by atoms with Crippen LogP contribution >= 0.6 is 0 Å². The molecule has 3 rings (SSSR count).